The number of hydrogen-bond acceptors (Lipinski definition) is 2. The number of ether oxygens (including phenoxy) is 1. The van der Waals surface area contributed by atoms with Crippen molar-refractivity contribution in [3.8, 4) is 0 Å². The first-order chi connectivity index (χ1) is 13.2. The molecule has 1 unspecified atom stereocenters. The number of carbonyl (C=O) groups is 1. The van der Waals surface area contributed by atoms with Gasteiger partial charge in [0, 0.05) is 7.11 Å². The average molecular weight is 383 g/mol. The molecule has 1 rings (SSSR count). The Kier molecular flexibility index (Phi) is 10.2. The fraction of sp³-hybridized carbons (Fsp3) is 0.500. The molecule has 0 amide bonds. The lowest BCUT2D eigenvalue weighted by atomic mass is 9.72. The standard InChI is InChI=1S/C26H38O2/c1-20(14-16-25-23(4)12-9-17-26(25,5)6)10-8-11-21(2)18-24(28-7)15-13-22(3)19-27/h8,10-11,13-14,16,18-19,24H,9,12,15,17H2,1-7H3/b11-8+,16-14+,20-10+,21-18+,22-13+. The summed E-state index contributed by atoms with van der Waals surface area (Å²) in [6.45, 7) is 13.0. The second-order valence-electron chi connectivity index (χ2n) is 8.52. The average Bonchev–Trinajstić information content (AvgIpc) is 2.63. The lowest BCUT2D eigenvalue weighted by Crippen LogP contribution is -2.19. The van der Waals surface area contributed by atoms with E-state index in [0.717, 1.165) is 17.4 Å². The van der Waals surface area contributed by atoms with Crippen molar-refractivity contribution in [2.45, 2.75) is 73.3 Å². The molecule has 0 spiro atoms. The van der Waals surface area contributed by atoms with Gasteiger partial charge in [-0.1, -0.05) is 73.1 Å². The Bertz CT molecular complexity index is 709. The molecular formula is C26H38O2. The van der Waals surface area contributed by atoms with Crippen molar-refractivity contribution in [1.82, 2.24) is 0 Å². The fourth-order valence-corrected chi connectivity index (χ4v) is 3.56. The van der Waals surface area contributed by atoms with E-state index in [9.17, 15) is 4.79 Å². The maximum absolute atomic E-state index is 10.7. The van der Waals surface area contributed by atoms with E-state index in [1.165, 1.54) is 36.0 Å². The van der Waals surface area contributed by atoms with Crippen LogP contribution in [0.15, 0.2) is 70.4 Å². The summed E-state index contributed by atoms with van der Waals surface area (Å²) in [6.07, 6.45) is 20.2. The van der Waals surface area contributed by atoms with Gasteiger partial charge in [-0.2, -0.15) is 0 Å². The van der Waals surface area contributed by atoms with Crippen molar-refractivity contribution in [3.05, 3.63) is 70.4 Å². The number of allylic oxidation sites excluding steroid dienone is 10. The predicted octanol–water partition coefficient (Wildman–Crippen LogP) is 7.07. The third-order valence-electron chi connectivity index (χ3n) is 5.38. The largest absolute Gasteiger partial charge is 0.377 e. The van der Waals surface area contributed by atoms with Crippen LogP contribution in [0.1, 0.15) is 67.2 Å². The topological polar surface area (TPSA) is 26.3 Å². The number of aldehydes is 1. The van der Waals surface area contributed by atoms with E-state index in [1.54, 1.807) is 7.11 Å². The highest BCUT2D eigenvalue weighted by molar-refractivity contribution is 5.71. The van der Waals surface area contributed by atoms with Crippen LogP contribution in [0.2, 0.25) is 0 Å². The quantitative estimate of drug-likeness (QED) is 0.242. The second kappa shape index (κ2) is 11.8. The Labute approximate surface area is 172 Å². The molecule has 2 heteroatoms. The summed E-state index contributed by atoms with van der Waals surface area (Å²) in [7, 11) is 1.69. The molecule has 0 aromatic carbocycles. The van der Waals surface area contributed by atoms with Crippen molar-refractivity contribution in [2.24, 2.45) is 5.41 Å². The number of carbonyl (C=O) groups excluding carboxylic acids is 1. The Balaban J connectivity index is 2.75. The molecule has 2 nitrogen and oxygen atoms in total. The summed E-state index contributed by atoms with van der Waals surface area (Å²) in [4.78, 5) is 10.7. The van der Waals surface area contributed by atoms with Gasteiger partial charge in [-0.05, 0) is 69.9 Å². The Morgan fingerprint density at radius 2 is 1.86 bits per heavy atom. The summed E-state index contributed by atoms with van der Waals surface area (Å²) in [5.41, 5.74) is 6.41. The smallest absolute Gasteiger partial charge is 0.145 e. The monoisotopic (exact) mass is 382 g/mol. The highest BCUT2D eigenvalue weighted by Crippen LogP contribution is 2.40. The number of methoxy groups -OCH3 is 1. The molecule has 0 saturated carbocycles. The van der Waals surface area contributed by atoms with Gasteiger partial charge in [0.25, 0.3) is 0 Å². The normalized spacial score (nSPS) is 20.3. The molecule has 0 fully saturated rings. The second-order valence-corrected chi connectivity index (χ2v) is 8.52. The van der Waals surface area contributed by atoms with Gasteiger partial charge in [0.05, 0.1) is 6.10 Å². The maximum atomic E-state index is 10.7. The molecule has 0 N–H and O–H groups in total. The van der Waals surface area contributed by atoms with Crippen molar-refractivity contribution in [3.63, 3.8) is 0 Å². The summed E-state index contributed by atoms with van der Waals surface area (Å²) in [5.74, 6) is 0. The molecular weight excluding hydrogens is 344 g/mol. The van der Waals surface area contributed by atoms with E-state index in [4.69, 9.17) is 4.74 Å². The van der Waals surface area contributed by atoms with Gasteiger partial charge in [0.15, 0.2) is 0 Å². The van der Waals surface area contributed by atoms with Crippen LogP contribution in [0.5, 0.6) is 0 Å². The molecule has 1 atom stereocenters. The maximum Gasteiger partial charge on any atom is 0.145 e. The van der Waals surface area contributed by atoms with E-state index in [0.29, 0.717) is 6.42 Å². The number of hydrogen-bond donors (Lipinski definition) is 0. The zero-order valence-corrected chi connectivity index (χ0v) is 18.8. The first-order valence-corrected chi connectivity index (χ1v) is 10.3. The van der Waals surface area contributed by atoms with Gasteiger partial charge in [0.1, 0.15) is 6.29 Å². The highest BCUT2D eigenvalue weighted by Gasteiger charge is 2.26. The lowest BCUT2D eigenvalue weighted by molar-refractivity contribution is -0.104. The summed E-state index contributed by atoms with van der Waals surface area (Å²) in [6, 6.07) is 0. The first-order valence-electron chi connectivity index (χ1n) is 10.3. The first kappa shape index (κ1) is 24.1. The third kappa shape index (κ3) is 8.39. The van der Waals surface area contributed by atoms with Crippen LogP contribution in [0.4, 0.5) is 0 Å². The highest BCUT2D eigenvalue weighted by atomic mass is 16.5. The van der Waals surface area contributed by atoms with Crippen LogP contribution >= 0.6 is 0 Å². The minimum absolute atomic E-state index is 0.0204. The number of rotatable bonds is 9. The molecule has 0 radical (unpaired) electrons. The minimum Gasteiger partial charge on any atom is -0.377 e. The van der Waals surface area contributed by atoms with Gasteiger partial charge in [-0.25, -0.2) is 0 Å². The molecule has 0 bridgehead atoms. The molecule has 0 aromatic rings. The van der Waals surface area contributed by atoms with Crippen LogP contribution in [0.3, 0.4) is 0 Å². The summed E-state index contributed by atoms with van der Waals surface area (Å²) >= 11 is 0. The summed E-state index contributed by atoms with van der Waals surface area (Å²) in [5, 5.41) is 0. The van der Waals surface area contributed by atoms with Crippen molar-refractivity contribution < 1.29 is 9.53 Å². The van der Waals surface area contributed by atoms with Crippen molar-refractivity contribution in [1.29, 1.82) is 0 Å². The van der Waals surface area contributed by atoms with Gasteiger partial charge in [-0.15, -0.1) is 0 Å². The Morgan fingerprint density at radius 3 is 2.46 bits per heavy atom. The zero-order chi connectivity index (χ0) is 21.2. The molecule has 1 aliphatic rings. The van der Waals surface area contributed by atoms with Crippen LogP contribution < -0.4 is 0 Å². The molecule has 0 aliphatic heterocycles. The van der Waals surface area contributed by atoms with Gasteiger partial charge in [0.2, 0.25) is 0 Å². The molecule has 0 heterocycles. The van der Waals surface area contributed by atoms with Gasteiger partial charge in [-0.3, -0.25) is 4.79 Å². The zero-order valence-electron chi connectivity index (χ0n) is 18.8. The van der Waals surface area contributed by atoms with Crippen molar-refractivity contribution >= 4 is 6.29 Å². The fourth-order valence-electron chi connectivity index (χ4n) is 3.56. The van der Waals surface area contributed by atoms with E-state index >= 15 is 0 Å². The van der Waals surface area contributed by atoms with E-state index in [-0.39, 0.29) is 11.5 Å². The van der Waals surface area contributed by atoms with Gasteiger partial charge < -0.3 is 4.74 Å². The molecule has 0 aromatic heterocycles. The van der Waals surface area contributed by atoms with E-state index in [1.807, 2.05) is 13.0 Å². The van der Waals surface area contributed by atoms with Crippen LogP contribution in [0, 0.1) is 5.41 Å². The molecule has 154 valence electrons. The van der Waals surface area contributed by atoms with Crippen LogP contribution in [-0.2, 0) is 9.53 Å². The molecule has 28 heavy (non-hydrogen) atoms. The lowest BCUT2D eigenvalue weighted by Gasteiger charge is -2.32. The Morgan fingerprint density at radius 1 is 1.14 bits per heavy atom. The molecule has 0 saturated heterocycles. The van der Waals surface area contributed by atoms with E-state index in [2.05, 4.69) is 71.1 Å². The summed E-state index contributed by atoms with van der Waals surface area (Å²) < 4.78 is 5.48. The third-order valence-corrected chi connectivity index (χ3v) is 5.38. The Hall–Kier alpha value is -1.93. The van der Waals surface area contributed by atoms with Crippen LogP contribution in [-0.4, -0.2) is 19.5 Å². The SMILES string of the molecule is COC(/C=C(C)/C=C/C=C(C)/C=C/C1=C(C)CCCC1(C)C)C/C=C(\C)C=O. The van der Waals surface area contributed by atoms with Gasteiger partial charge >= 0.3 is 0 Å². The van der Waals surface area contributed by atoms with Crippen molar-refractivity contribution in [2.75, 3.05) is 7.11 Å². The van der Waals surface area contributed by atoms with E-state index < -0.39 is 0 Å². The minimum atomic E-state index is -0.0204. The van der Waals surface area contributed by atoms with Crippen LogP contribution in [0.25, 0.3) is 0 Å². The molecule has 1 aliphatic carbocycles. The predicted molar refractivity (Wildman–Crippen MR) is 121 cm³/mol.